The van der Waals surface area contributed by atoms with E-state index in [0.717, 1.165) is 49.8 Å². The molecule has 2 aromatic rings. The molecule has 1 aliphatic rings. The lowest BCUT2D eigenvalue weighted by Crippen LogP contribution is -2.38. The van der Waals surface area contributed by atoms with Gasteiger partial charge in [-0.25, -0.2) is 9.37 Å². The van der Waals surface area contributed by atoms with Gasteiger partial charge in [0.15, 0.2) is 0 Å². The monoisotopic (exact) mass is 345 g/mol. The summed E-state index contributed by atoms with van der Waals surface area (Å²) in [4.78, 5) is 18.8. The number of piperidine rings is 1. The van der Waals surface area contributed by atoms with E-state index in [1.54, 1.807) is 12.1 Å². The predicted molar refractivity (Wildman–Crippen MR) is 92.7 cm³/mol. The van der Waals surface area contributed by atoms with Crippen molar-refractivity contribution in [2.24, 2.45) is 5.92 Å². The second-order valence-electron chi connectivity index (χ2n) is 6.69. The number of hydrogen-bond acceptors (Lipinski definition) is 4. The normalized spacial score (nSPS) is 16.1. The zero-order valence-corrected chi connectivity index (χ0v) is 14.7. The highest BCUT2D eigenvalue weighted by atomic mass is 19.1. The molecule has 0 radical (unpaired) electrons. The molecule has 1 aromatic heterocycles. The average molecular weight is 345 g/mol. The quantitative estimate of drug-likeness (QED) is 0.905. The molecule has 5 nitrogen and oxygen atoms in total. The number of nitrogens with one attached hydrogen (secondary N) is 1. The van der Waals surface area contributed by atoms with Crippen LogP contribution in [-0.2, 0) is 6.54 Å². The van der Waals surface area contributed by atoms with Gasteiger partial charge >= 0.3 is 0 Å². The number of carbonyl (C=O) groups is 1. The summed E-state index contributed by atoms with van der Waals surface area (Å²) in [6.45, 7) is 7.16. The van der Waals surface area contributed by atoms with Gasteiger partial charge < -0.3 is 9.73 Å². The largest absolute Gasteiger partial charge is 0.444 e. The van der Waals surface area contributed by atoms with Gasteiger partial charge in [0.1, 0.15) is 11.6 Å². The van der Waals surface area contributed by atoms with Crippen molar-refractivity contribution < 1.29 is 13.6 Å². The maximum absolute atomic E-state index is 13.2. The van der Waals surface area contributed by atoms with E-state index in [0.29, 0.717) is 18.0 Å². The van der Waals surface area contributed by atoms with Gasteiger partial charge in [-0.3, -0.25) is 9.69 Å². The summed E-state index contributed by atoms with van der Waals surface area (Å²) in [6, 6.07) is 5.78. The first-order valence-corrected chi connectivity index (χ1v) is 8.70. The molecular formula is C19H24FN3O2. The first-order valence-electron chi connectivity index (χ1n) is 8.70. The summed E-state index contributed by atoms with van der Waals surface area (Å²) in [6.07, 6.45) is 2.03. The van der Waals surface area contributed by atoms with E-state index in [9.17, 15) is 9.18 Å². The molecule has 0 unspecified atom stereocenters. The number of oxazole rings is 1. The van der Waals surface area contributed by atoms with Crippen LogP contribution in [0, 0.1) is 25.6 Å². The van der Waals surface area contributed by atoms with Gasteiger partial charge in [0.2, 0.25) is 5.89 Å². The number of hydrogen-bond donors (Lipinski definition) is 1. The third-order valence-electron chi connectivity index (χ3n) is 4.78. The van der Waals surface area contributed by atoms with Crippen LogP contribution < -0.4 is 5.32 Å². The van der Waals surface area contributed by atoms with Gasteiger partial charge in [0.05, 0.1) is 12.2 Å². The van der Waals surface area contributed by atoms with E-state index in [1.165, 1.54) is 12.1 Å². The fraction of sp³-hybridized carbons (Fsp3) is 0.474. The first-order chi connectivity index (χ1) is 12.0. The minimum atomic E-state index is -0.391. The van der Waals surface area contributed by atoms with Crippen LogP contribution in [0.25, 0.3) is 0 Å². The molecular weight excluding hydrogens is 321 g/mol. The maximum atomic E-state index is 13.2. The molecule has 1 aliphatic heterocycles. The van der Waals surface area contributed by atoms with Crippen molar-refractivity contribution in [2.45, 2.75) is 33.2 Å². The highest BCUT2D eigenvalue weighted by Crippen LogP contribution is 2.19. The molecule has 1 saturated heterocycles. The lowest BCUT2D eigenvalue weighted by Gasteiger charge is -2.31. The lowest BCUT2D eigenvalue weighted by atomic mass is 9.96. The number of rotatable bonds is 5. The Labute approximate surface area is 147 Å². The number of aryl methyl sites for hydroxylation is 2. The Kier molecular flexibility index (Phi) is 5.48. The van der Waals surface area contributed by atoms with Gasteiger partial charge in [-0.05, 0) is 63.9 Å². The first kappa shape index (κ1) is 17.6. The van der Waals surface area contributed by atoms with Crippen LogP contribution in [0.15, 0.2) is 28.7 Å². The summed E-state index contributed by atoms with van der Waals surface area (Å²) >= 11 is 0. The number of halogens is 1. The molecule has 1 N–H and O–H groups in total. The Balaban J connectivity index is 1.42. The number of aromatic nitrogens is 1. The Morgan fingerprint density at radius 1 is 1.36 bits per heavy atom. The molecule has 1 amide bonds. The number of likely N-dealkylation sites (tertiary alicyclic amines) is 1. The number of nitrogens with zero attached hydrogens (tertiary/aromatic N) is 2. The van der Waals surface area contributed by atoms with Crippen LogP contribution in [0.5, 0.6) is 0 Å². The topological polar surface area (TPSA) is 58.4 Å². The zero-order chi connectivity index (χ0) is 17.8. The summed E-state index contributed by atoms with van der Waals surface area (Å²) in [5.41, 5.74) is 1.32. The standard InChI is InChI=1S/C19H24FN3O2/c1-13-14(2)25-18(22-13)12-23-8-6-15(7-9-23)11-21-19(24)16-4-3-5-17(20)10-16/h3-5,10,15H,6-9,11-12H2,1-2H3,(H,21,24). The second kappa shape index (κ2) is 7.78. The SMILES string of the molecule is Cc1nc(CN2CCC(CNC(=O)c3cccc(F)c3)CC2)oc1C. The Morgan fingerprint density at radius 3 is 2.76 bits per heavy atom. The van der Waals surface area contributed by atoms with Crippen molar-refractivity contribution in [1.29, 1.82) is 0 Å². The summed E-state index contributed by atoms with van der Waals surface area (Å²) in [5, 5.41) is 2.92. The average Bonchev–Trinajstić information content (AvgIpc) is 2.91. The summed E-state index contributed by atoms with van der Waals surface area (Å²) < 4.78 is 18.8. The highest BCUT2D eigenvalue weighted by molar-refractivity contribution is 5.94. The summed E-state index contributed by atoms with van der Waals surface area (Å²) in [5.74, 6) is 1.49. The maximum Gasteiger partial charge on any atom is 0.251 e. The third kappa shape index (κ3) is 4.66. The summed E-state index contributed by atoms with van der Waals surface area (Å²) in [7, 11) is 0. The molecule has 3 rings (SSSR count). The van der Waals surface area contributed by atoms with Crippen LogP contribution in [0.1, 0.15) is 40.5 Å². The highest BCUT2D eigenvalue weighted by Gasteiger charge is 2.21. The molecule has 0 bridgehead atoms. The van der Waals surface area contributed by atoms with E-state index in [-0.39, 0.29) is 5.91 Å². The fourth-order valence-electron chi connectivity index (χ4n) is 3.12. The van der Waals surface area contributed by atoms with Crippen LogP contribution in [-0.4, -0.2) is 35.4 Å². The van der Waals surface area contributed by atoms with E-state index >= 15 is 0 Å². The van der Waals surface area contributed by atoms with Gasteiger partial charge in [0, 0.05) is 12.1 Å². The smallest absolute Gasteiger partial charge is 0.251 e. The van der Waals surface area contributed by atoms with E-state index in [2.05, 4.69) is 15.2 Å². The zero-order valence-electron chi connectivity index (χ0n) is 14.7. The Bertz CT molecular complexity index is 717. The molecule has 0 saturated carbocycles. The molecule has 2 heterocycles. The Morgan fingerprint density at radius 2 is 2.12 bits per heavy atom. The number of carbonyl (C=O) groups excluding carboxylic acids is 1. The van der Waals surface area contributed by atoms with Crippen LogP contribution >= 0.6 is 0 Å². The molecule has 0 aliphatic carbocycles. The van der Waals surface area contributed by atoms with Crippen molar-refractivity contribution in [1.82, 2.24) is 15.2 Å². The molecule has 134 valence electrons. The van der Waals surface area contributed by atoms with Crippen LogP contribution in [0.2, 0.25) is 0 Å². The van der Waals surface area contributed by atoms with Crippen LogP contribution in [0.4, 0.5) is 4.39 Å². The van der Waals surface area contributed by atoms with Crippen molar-refractivity contribution in [3.63, 3.8) is 0 Å². The molecule has 6 heteroatoms. The van der Waals surface area contributed by atoms with Gasteiger partial charge in [-0.15, -0.1) is 0 Å². The van der Waals surface area contributed by atoms with Gasteiger partial charge in [-0.1, -0.05) is 6.07 Å². The van der Waals surface area contributed by atoms with Gasteiger partial charge in [-0.2, -0.15) is 0 Å². The van der Waals surface area contributed by atoms with E-state index < -0.39 is 5.82 Å². The molecule has 1 aromatic carbocycles. The molecule has 25 heavy (non-hydrogen) atoms. The van der Waals surface area contributed by atoms with Crippen molar-refractivity contribution in [3.05, 3.63) is 53.0 Å². The number of amides is 1. The fourth-order valence-corrected chi connectivity index (χ4v) is 3.12. The number of benzene rings is 1. The third-order valence-corrected chi connectivity index (χ3v) is 4.78. The molecule has 0 atom stereocenters. The van der Waals surface area contributed by atoms with E-state index in [1.807, 2.05) is 13.8 Å². The van der Waals surface area contributed by atoms with E-state index in [4.69, 9.17) is 4.42 Å². The van der Waals surface area contributed by atoms with Crippen molar-refractivity contribution >= 4 is 5.91 Å². The predicted octanol–water partition coefficient (Wildman–Crippen LogP) is 3.07. The minimum absolute atomic E-state index is 0.215. The van der Waals surface area contributed by atoms with Gasteiger partial charge in [0.25, 0.3) is 5.91 Å². The second-order valence-corrected chi connectivity index (χ2v) is 6.69. The van der Waals surface area contributed by atoms with Crippen molar-refractivity contribution in [2.75, 3.05) is 19.6 Å². The lowest BCUT2D eigenvalue weighted by molar-refractivity contribution is 0.0933. The minimum Gasteiger partial charge on any atom is -0.444 e. The molecule has 0 spiro atoms. The van der Waals surface area contributed by atoms with Crippen LogP contribution in [0.3, 0.4) is 0 Å². The molecule has 1 fully saturated rings. The van der Waals surface area contributed by atoms with Crippen molar-refractivity contribution in [3.8, 4) is 0 Å². The Hall–Kier alpha value is -2.21.